The lowest BCUT2D eigenvalue weighted by Crippen LogP contribution is -2.60. The fourth-order valence-electron chi connectivity index (χ4n) is 3.94. The van der Waals surface area contributed by atoms with Gasteiger partial charge in [-0.1, -0.05) is 6.42 Å². The van der Waals surface area contributed by atoms with Crippen LogP contribution in [0.15, 0.2) is 0 Å². The molecule has 3 aliphatic rings. The van der Waals surface area contributed by atoms with E-state index in [-0.39, 0.29) is 5.91 Å². The molecule has 2 heterocycles. The second-order valence-corrected chi connectivity index (χ2v) is 7.10. The number of amides is 1. The second-order valence-electron chi connectivity index (χ2n) is 7.10. The number of hydrogen-bond acceptors (Lipinski definition) is 3. The van der Waals surface area contributed by atoms with E-state index in [9.17, 15) is 4.79 Å². The number of nitrogens with two attached hydrogens (primary N) is 1. The minimum absolute atomic E-state index is 0.0719. The Balaban J connectivity index is 1.60. The lowest BCUT2D eigenvalue weighted by molar-refractivity contribution is -0.128. The molecular formula is C15H27N3O. The van der Waals surface area contributed by atoms with E-state index in [1.54, 1.807) is 0 Å². The summed E-state index contributed by atoms with van der Waals surface area (Å²) in [5.41, 5.74) is 5.55. The van der Waals surface area contributed by atoms with Gasteiger partial charge in [-0.25, -0.2) is 0 Å². The zero-order valence-corrected chi connectivity index (χ0v) is 12.2. The average molecular weight is 265 g/mol. The highest BCUT2D eigenvalue weighted by molar-refractivity contribution is 5.86. The summed E-state index contributed by atoms with van der Waals surface area (Å²) in [7, 11) is 2.24. The van der Waals surface area contributed by atoms with Crippen LogP contribution in [0.5, 0.6) is 0 Å². The number of nitrogens with zero attached hydrogens (tertiary/aromatic N) is 1. The van der Waals surface area contributed by atoms with Crippen LogP contribution < -0.4 is 11.1 Å². The number of piperidine rings is 2. The Hall–Kier alpha value is -0.610. The zero-order valence-electron chi connectivity index (χ0n) is 12.2. The van der Waals surface area contributed by atoms with E-state index in [4.69, 9.17) is 5.73 Å². The molecule has 3 N–H and O–H groups in total. The largest absolute Gasteiger partial charge is 0.352 e. The van der Waals surface area contributed by atoms with Crippen molar-refractivity contribution < 1.29 is 4.79 Å². The molecule has 0 aromatic heterocycles. The molecule has 3 unspecified atom stereocenters. The van der Waals surface area contributed by atoms with Gasteiger partial charge in [0.2, 0.25) is 5.91 Å². The van der Waals surface area contributed by atoms with Crippen molar-refractivity contribution in [2.45, 2.75) is 75.5 Å². The molecule has 0 aromatic rings. The fraction of sp³-hybridized carbons (Fsp3) is 0.933. The molecule has 0 spiro atoms. The highest BCUT2D eigenvalue weighted by Gasteiger charge is 2.45. The van der Waals surface area contributed by atoms with Crippen LogP contribution in [0.3, 0.4) is 0 Å². The van der Waals surface area contributed by atoms with Crippen LogP contribution in [0.1, 0.15) is 51.9 Å². The number of rotatable bonds is 3. The molecule has 0 aromatic carbocycles. The topological polar surface area (TPSA) is 58.4 Å². The first-order valence-electron chi connectivity index (χ1n) is 7.80. The summed E-state index contributed by atoms with van der Waals surface area (Å²) in [4.78, 5) is 14.9. The quantitative estimate of drug-likeness (QED) is 0.807. The van der Waals surface area contributed by atoms with Gasteiger partial charge in [-0.05, 0) is 58.4 Å². The minimum atomic E-state index is -0.654. The zero-order chi connectivity index (χ0) is 13.6. The third-order valence-electron chi connectivity index (χ3n) is 5.59. The van der Waals surface area contributed by atoms with Gasteiger partial charge in [0.1, 0.15) is 0 Å². The Labute approximate surface area is 116 Å². The highest BCUT2D eigenvalue weighted by atomic mass is 16.2. The van der Waals surface area contributed by atoms with Crippen LogP contribution in [0.25, 0.3) is 0 Å². The van der Waals surface area contributed by atoms with Crippen molar-refractivity contribution in [2.75, 3.05) is 7.05 Å². The smallest absolute Gasteiger partial charge is 0.240 e. The Morgan fingerprint density at radius 1 is 1.21 bits per heavy atom. The number of nitrogens with one attached hydrogen (secondary N) is 1. The van der Waals surface area contributed by atoms with Crippen molar-refractivity contribution >= 4 is 5.91 Å². The lowest BCUT2D eigenvalue weighted by Gasteiger charge is -2.47. The number of carbonyl (C=O) groups is 1. The number of hydrogen-bond donors (Lipinski definition) is 2. The summed E-state index contributed by atoms with van der Waals surface area (Å²) < 4.78 is 0. The van der Waals surface area contributed by atoms with Gasteiger partial charge in [-0.3, -0.25) is 4.79 Å². The molecule has 19 heavy (non-hydrogen) atoms. The summed E-state index contributed by atoms with van der Waals surface area (Å²) in [5.74, 6) is 0.473. The Bertz CT molecular complexity index is 350. The van der Waals surface area contributed by atoms with Gasteiger partial charge < -0.3 is 16.0 Å². The minimum Gasteiger partial charge on any atom is -0.352 e. The molecule has 2 bridgehead atoms. The lowest BCUT2D eigenvalue weighted by atomic mass is 9.82. The van der Waals surface area contributed by atoms with Gasteiger partial charge in [0.25, 0.3) is 0 Å². The van der Waals surface area contributed by atoms with Crippen LogP contribution in [-0.4, -0.2) is 41.5 Å². The summed E-state index contributed by atoms with van der Waals surface area (Å²) >= 11 is 0. The normalized spacial score (nSPS) is 38.6. The van der Waals surface area contributed by atoms with Crippen molar-refractivity contribution in [3.8, 4) is 0 Å². The molecule has 2 saturated heterocycles. The fourth-order valence-corrected chi connectivity index (χ4v) is 3.94. The van der Waals surface area contributed by atoms with Crippen LogP contribution in [0.2, 0.25) is 0 Å². The van der Waals surface area contributed by atoms with Gasteiger partial charge in [0.05, 0.1) is 5.54 Å². The molecule has 1 saturated carbocycles. The van der Waals surface area contributed by atoms with Crippen molar-refractivity contribution in [3.63, 3.8) is 0 Å². The van der Waals surface area contributed by atoms with E-state index in [1.165, 1.54) is 19.3 Å². The number of carbonyl (C=O) groups excluding carboxylic acids is 1. The second kappa shape index (κ2) is 4.74. The Morgan fingerprint density at radius 3 is 2.32 bits per heavy atom. The van der Waals surface area contributed by atoms with Gasteiger partial charge in [0, 0.05) is 18.1 Å². The molecule has 0 radical (unpaired) electrons. The van der Waals surface area contributed by atoms with Gasteiger partial charge in [-0.15, -0.1) is 0 Å². The van der Waals surface area contributed by atoms with Crippen LogP contribution >= 0.6 is 0 Å². The standard InChI is InChI=1S/C15H27N3O/c1-15(16,10-6-7-10)14(19)17-11-8-12-4-3-5-13(9-11)18(12)2/h10-13H,3-9,16H2,1-2H3,(H,17,19). The van der Waals surface area contributed by atoms with Gasteiger partial charge in [0.15, 0.2) is 0 Å². The predicted octanol–water partition coefficient (Wildman–Crippen LogP) is 1.25. The van der Waals surface area contributed by atoms with Crippen molar-refractivity contribution in [3.05, 3.63) is 0 Å². The summed E-state index contributed by atoms with van der Waals surface area (Å²) in [6, 6.07) is 1.64. The maximum absolute atomic E-state index is 12.4. The highest BCUT2D eigenvalue weighted by Crippen LogP contribution is 2.38. The van der Waals surface area contributed by atoms with Crippen molar-refractivity contribution in [2.24, 2.45) is 11.7 Å². The van der Waals surface area contributed by atoms with Crippen LogP contribution in [-0.2, 0) is 4.79 Å². The molecule has 1 amide bonds. The SMILES string of the molecule is CN1C2CCCC1CC(NC(=O)C(C)(N)C1CC1)C2. The molecule has 1 aliphatic carbocycles. The van der Waals surface area contributed by atoms with Gasteiger partial charge >= 0.3 is 0 Å². The predicted molar refractivity (Wildman–Crippen MR) is 75.7 cm³/mol. The molecular weight excluding hydrogens is 238 g/mol. The molecule has 108 valence electrons. The third kappa shape index (κ3) is 2.52. The Kier molecular flexibility index (Phi) is 3.34. The van der Waals surface area contributed by atoms with Crippen molar-refractivity contribution in [1.82, 2.24) is 10.2 Å². The molecule has 4 nitrogen and oxygen atoms in total. The van der Waals surface area contributed by atoms with Crippen LogP contribution in [0, 0.1) is 5.92 Å². The molecule has 3 rings (SSSR count). The van der Waals surface area contributed by atoms with E-state index in [1.807, 2.05) is 6.92 Å². The average Bonchev–Trinajstić information content (AvgIpc) is 3.14. The first kappa shape index (κ1) is 13.4. The maximum Gasteiger partial charge on any atom is 0.240 e. The van der Waals surface area contributed by atoms with Crippen LogP contribution in [0.4, 0.5) is 0 Å². The van der Waals surface area contributed by atoms with E-state index in [2.05, 4.69) is 17.3 Å². The molecule has 2 aliphatic heterocycles. The van der Waals surface area contributed by atoms with Crippen molar-refractivity contribution in [1.29, 1.82) is 0 Å². The summed E-state index contributed by atoms with van der Waals surface area (Å²) in [6.07, 6.45) is 8.32. The maximum atomic E-state index is 12.4. The first-order valence-corrected chi connectivity index (χ1v) is 7.80. The molecule has 4 heteroatoms. The van der Waals surface area contributed by atoms with Gasteiger partial charge in [-0.2, -0.15) is 0 Å². The molecule has 3 fully saturated rings. The Morgan fingerprint density at radius 2 is 1.79 bits per heavy atom. The van der Waals surface area contributed by atoms with E-state index in [0.29, 0.717) is 24.0 Å². The summed E-state index contributed by atoms with van der Waals surface area (Å²) in [6.45, 7) is 1.90. The number of fused-ring (bicyclic) bond motifs is 2. The third-order valence-corrected chi connectivity index (χ3v) is 5.59. The van der Waals surface area contributed by atoms with E-state index < -0.39 is 5.54 Å². The monoisotopic (exact) mass is 265 g/mol. The summed E-state index contributed by atoms with van der Waals surface area (Å²) in [5, 5.41) is 3.24. The first-order chi connectivity index (χ1) is 8.98. The molecule has 3 atom stereocenters. The van der Waals surface area contributed by atoms with E-state index in [0.717, 1.165) is 25.7 Å². The van der Waals surface area contributed by atoms with E-state index >= 15 is 0 Å².